The van der Waals surface area contributed by atoms with E-state index in [4.69, 9.17) is 5.11 Å². The van der Waals surface area contributed by atoms with Crippen molar-refractivity contribution < 1.29 is 19.8 Å². The first-order chi connectivity index (χ1) is 9.51. The van der Waals surface area contributed by atoms with Gasteiger partial charge in [-0.3, -0.25) is 0 Å². The molecule has 0 aromatic heterocycles. The SMILES string of the molecule is CCSC1CCC(NC(=O)N2CC(O)C[C@H]2C(=O)O)C1. The first-order valence-electron chi connectivity index (χ1n) is 7.10. The Morgan fingerprint density at radius 3 is 2.75 bits per heavy atom. The molecule has 7 heteroatoms. The van der Waals surface area contributed by atoms with Gasteiger partial charge in [-0.15, -0.1) is 0 Å². The Morgan fingerprint density at radius 1 is 1.35 bits per heavy atom. The van der Waals surface area contributed by atoms with Gasteiger partial charge in [0.1, 0.15) is 6.04 Å². The summed E-state index contributed by atoms with van der Waals surface area (Å²) in [4.78, 5) is 24.5. The lowest BCUT2D eigenvalue weighted by atomic mass is 10.2. The minimum absolute atomic E-state index is 0.0999. The molecular formula is C13H22N2O4S. The second-order valence-electron chi connectivity index (χ2n) is 5.43. The van der Waals surface area contributed by atoms with E-state index in [9.17, 15) is 14.7 Å². The van der Waals surface area contributed by atoms with Crippen molar-refractivity contribution in [3.63, 3.8) is 0 Å². The van der Waals surface area contributed by atoms with Crippen molar-refractivity contribution in [1.82, 2.24) is 10.2 Å². The van der Waals surface area contributed by atoms with E-state index in [0.29, 0.717) is 5.25 Å². The van der Waals surface area contributed by atoms with Crippen LogP contribution in [0.3, 0.4) is 0 Å². The fraction of sp³-hybridized carbons (Fsp3) is 0.846. The molecule has 0 aromatic carbocycles. The molecule has 1 heterocycles. The third kappa shape index (κ3) is 3.58. The Labute approximate surface area is 122 Å². The highest BCUT2D eigenvalue weighted by Crippen LogP contribution is 2.30. The van der Waals surface area contributed by atoms with Crippen molar-refractivity contribution in [3.8, 4) is 0 Å². The van der Waals surface area contributed by atoms with Crippen molar-refractivity contribution in [2.75, 3.05) is 12.3 Å². The van der Waals surface area contributed by atoms with Crippen LogP contribution in [-0.4, -0.2) is 62.8 Å². The number of aliphatic carboxylic acids is 1. The van der Waals surface area contributed by atoms with Gasteiger partial charge in [0.2, 0.25) is 0 Å². The van der Waals surface area contributed by atoms with E-state index in [1.54, 1.807) is 0 Å². The van der Waals surface area contributed by atoms with Crippen molar-refractivity contribution in [2.45, 2.75) is 56.0 Å². The van der Waals surface area contributed by atoms with Crippen LogP contribution in [0.15, 0.2) is 0 Å². The molecule has 20 heavy (non-hydrogen) atoms. The summed E-state index contributed by atoms with van der Waals surface area (Å²) in [6.07, 6.45) is 2.35. The molecule has 1 aliphatic carbocycles. The number of rotatable bonds is 4. The highest BCUT2D eigenvalue weighted by molar-refractivity contribution is 7.99. The number of aliphatic hydroxyl groups is 1. The van der Waals surface area contributed by atoms with E-state index in [1.165, 1.54) is 4.90 Å². The number of urea groups is 1. The molecule has 3 N–H and O–H groups in total. The monoisotopic (exact) mass is 302 g/mol. The average Bonchev–Trinajstić information content (AvgIpc) is 2.96. The third-order valence-electron chi connectivity index (χ3n) is 3.94. The fourth-order valence-electron chi connectivity index (χ4n) is 2.99. The Hall–Kier alpha value is -0.950. The summed E-state index contributed by atoms with van der Waals surface area (Å²) in [6.45, 7) is 2.22. The minimum atomic E-state index is -1.05. The van der Waals surface area contributed by atoms with E-state index in [2.05, 4.69) is 12.2 Å². The number of thioether (sulfide) groups is 1. The number of nitrogens with one attached hydrogen (secondary N) is 1. The maximum Gasteiger partial charge on any atom is 0.326 e. The van der Waals surface area contributed by atoms with Crippen LogP contribution < -0.4 is 5.32 Å². The molecule has 114 valence electrons. The molecule has 0 bridgehead atoms. The van der Waals surface area contributed by atoms with Gasteiger partial charge < -0.3 is 20.4 Å². The van der Waals surface area contributed by atoms with E-state index >= 15 is 0 Å². The highest BCUT2D eigenvalue weighted by atomic mass is 32.2. The van der Waals surface area contributed by atoms with Crippen molar-refractivity contribution in [1.29, 1.82) is 0 Å². The number of carbonyl (C=O) groups is 2. The molecule has 0 aromatic rings. The number of likely N-dealkylation sites (tertiary alicyclic amines) is 1. The van der Waals surface area contributed by atoms with E-state index in [1.807, 2.05) is 11.8 Å². The molecule has 1 saturated heterocycles. The van der Waals surface area contributed by atoms with Crippen LogP contribution in [0.4, 0.5) is 4.79 Å². The van der Waals surface area contributed by atoms with Crippen molar-refractivity contribution in [2.24, 2.45) is 0 Å². The summed E-state index contributed by atoms with van der Waals surface area (Å²) in [5.41, 5.74) is 0. The van der Waals surface area contributed by atoms with Gasteiger partial charge in [0, 0.05) is 24.3 Å². The maximum absolute atomic E-state index is 12.2. The van der Waals surface area contributed by atoms with Gasteiger partial charge in [-0.25, -0.2) is 9.59 Å². The first kappa shape index (κ1) is 15.4. The smallest absolute Gasteiger partial charge is 0.326 e. The van der Waals surface area contributed by atoms with E-state index in [-0.39, 0.29) is 25.0 Å². The van der Waals surface area contributed by atoms with Gasteiger partial charge in [-0.05, 0) is 25.0 Å². The predicted molar refractivity (Wildman–Crippen MR) is 76.8 cm³/mol. The molecular weight excluding hydrogens is 280 g/mol. The molecule has 6 nitrogen and oxygen atoms in total. The second kappa shape index (κ2) is 6.67. The number of nitrogens with zero attached hydrogens (tertiary/aromatic N) is 1. The summed E-state index contributed by atoms with van der Waals surface area (Å²) < 4.78 is 0. The number of β-amino-alcohol motifs (C(OH)–C–C–N with tert-alkyl or cyclic N) is 1. The normalized spacial score (nSPS) is 33.4. The molecule has 1 aliphatic heterocycles. The summed E-state index contributed by atoms with van der Waals surface area (Å²) in [6, 6.07) is -1.15. The number of carboxylic acids is 1. The molecule has 1 saturated carbocycles. The Kier molecular flexibility index (Phi) is 5.15. The van der Waals surface area contributed by atoms with Crippen molar-refractivity contribution in [3.05, 3.63) is 0 Å². The summed E-state index contributed by atoms with van der Waals surface area (Å²) in [5, 5.41) is 22.1. The fourth-order valence-corrected chi connectivity index (χ4v) is 4.13. The zero-order valence-corrected chi connectivity index (χ0v) is 12.4. The minimum Gasteiger partial charge on any atom is -0.480 e. The van der Waals surface area contributed by atoms with E-state index in [0.717, 1.165) is 25.0 Å². The molecule has 0 radical (unpaired) electrons. The Morgan fingerprint density at radius 2 is 2.10 bits per heavy atom. The zero-order valence-electron chi connectivity index (χ0n) is 11.6. The van der Waals surface area contributed by atoms with E-state index < -0.39 is 18.1 Å². The summed E-state index contributed by atoms with van der Waals surface area (Å²) in [7, 11) is 0. The maximum atomic E-state index is 12.2. The molecule has 3 unspecified atom stereocenters. The van der Waals surface area contributed by atoms with Crippen LogP contribution in [-0.2, 0) is 4.79 Å². The number of amides is 2. The van der Waals surface area contributed by atoms with Crippen LogP contribution in [0.25, 0.3) is 0 Å². The predicted octanol–water partition coefficient (Wildman–Crippen LogP) is 0.890. The number of carbonyl (C=O) groups excluding carboxylic acids is 1. The number of hydrogen-bond donors (Lipinski definition) is 3. The molecule has 2 aliphatic rings. The van der Waals surface area contributed by atoms with Gasteiger partial charge in [0.15, 0.2) is 0 Å². The largest absolute Gasteiger partial charge is 0.480 e. The lowest BCUT2D eigenvalue weighted by molar-refractivity contribution is -0.141. The summed E-state index contributed by atoms with van der Waals surface area (Å²) >= 11 is 1.91. The number of aliphatic hydroxyl groups excluding tert-OH is 1. The molecule has 2 amide bonds. The zero-order chi connectivity index (χ0) is 14.7. The Balaban J connectivity index is 1.87. The van der Waals surface area contributed by atoms with Crippen LogP contribution in [0, 0.1) is 0 Å². The third-order valence-corrected chi connectivity index (χ3v) is 5.17. The lowest BCUT2D eigenvalue weighted by Gasteiger charge is -2.24. The van der Waals surface area contributed by atoms with Crippen LogP contribution in [0.5, 0.6) is 0 Å². The number of carboxylic acid groups (broad SMARTS) is 1. The average molecular weight is 302 g/mol. The summed E-state index contributed by atoms with van der Waals surface area (Å²) in [5.74, 6) is 0.0209. The first-order valence-corrected chi connectivity index (χ1v) is 8.15. The quantitative estimate of drug-likeness (QED) is 0.717. The lowest BCUT2D eigenvalue weighted by Crippen LogP contribution is -2.48. The van der Waals surface area contributed by atoms with Gasteiger partial charge in [-0.1, -0.05) is 6.92 Å². The Bertz CT molecular complexity index is 379. The van der Waals surface area contributed by atoms with Gasteiger partial charge in [0.25, 0.3) is 0 Å². The molecule has 4 atom stereocenters. The molecule has 2 rings (SSSR count). The van der Waals surface area contributed by atoms with Crippen LogP contribution in [0.1, 0.15) is 32.6 Å². The van der Waals surface area contributed by atoms with Crippen LogP contribution >= 0.6 is 11.8 Å². The van der Waals surface area contributed by atoms with Crippen molar-refractivity contribution >= 4 is 23.8 Å². The van der Waals surface area contributed by atoms with Gasteiger partial charge >= 0.3 is 12.0 Å². The topological polar surface area (TPSA) is 89.9 Å². The van der Waals surface area contributed by atoms with Crippen LogP contribution in [0.2, 0.25) is 0 Å². The molecule has 0 spiro atoms. The second-order valence-corrected chi connectivity index (χ2v) is 7.01. The number of hydrogen-bond acceptors (Lipinski definition) is 4. The van der Waals surface area contributed by atoms with Gasteiger partial charge in [-0.2, -0.15) is 11.8 Å². The highest BCUT2D eigenvalue weighted by Gasteiger charge is 2.40. The standard InChI is InChI=1S/C13H22N2O4S/c1-2-20-10-4-3-8(5-10)14-13(19)15-7-9(16)6-11(15)12(17)18/h8-11,16H,2-7H2,1H3,(H,14,19)(H,17,18)/t8?,9?,10?,11-/m0/s1. The molecule has 2 fully saturated rings. The van der Waals surface area contributed by atoms with Gasteiger partial charge in [0.05, 0.1) is 6.10 Å².